The van der Waals surface area contributed by atoms with Crippen molar-refractivity contribution in [2.24, 2.45) is 17.8 Å². The van der Waals surface area contributed by atoms with Crippen molar-refractivity contribution in [2.45, 2.75) is 47.0 Å². The molecule has 1 fully saturated rings. The van der Waals surface area contributed by atoms with Crippen molar-refractivity contribution in [1.29, 1.82) is 0 Å². The number of nitrogens with zero attached hydrogens (tertiary/aromatic N) is 4. The molecule has 0 saturated carbocycles. The fraction of sp³-hybridized carbons (Fsp3) is 0.314. The Balaban J connectivity index is 0.00000417. The van der Waals surface area contributed by atoms with Crippen molar-refractivity contribution < 1.29 is 29.0 Å². The first kappa shape index (κ1) is 33.0. The summed E-state index contributed by atoms with van der Waals surface area (Å²) >= 11 is 0. The van der Waals surface area contributed by atoms with Crippen LogP contribution in [0.15, 0.2) is 18.0 Å². The molecule has 1 aliphatic carbocycles. The Labute approximate surface area is 281 Å². The van der Waals surface area contributed by atoms with E-state index in [0.717, 1.165) is 17.4 Å². The Morgan fingerprint density at radius 2 is 1.72 bits per heavy atom. The van der Waals surface area contributed by atoms with Crippen LogP contribution in [0.2, 0.25) is 0 Å². The summed E-state index contributed by atoms with van der Waals surface area (Å²) in [5, 5.41) is 15.9. The van der Waals surface area contributed by atoms with Crippen LogP contribution in [0.1, 0.15) is 92.4 Å². The van der Waals surface area contributed by atoms with Crippen LogP contribution in [-0.2, 0) is 20.7 Å². The number of carbonyl (C=O) groups excluding carboxylic acids is 3. The van der Waals surface area contributed by atoms with Gasteiger partial charge in [0.2, 0.25) is 0 Å². The van der Waals surface area contributed by atoms with E-state index in [2.05, 4.69) is 6.58 Å². The number of aliphatic carboxylic acids is 1. The quantitative estimate of drug-likeness (QED) is 0.180. The van der Waals surface area contributed by atoms with Gasteiger partial charge in [0.25, 0.3) is 0 Å². The molecule has 0 aromatic carbocycles. The van der Waals surface area contributed by atoms with E-state index < -0.39 is 29.6 Å². The summed E-state index contributed by atoms with van der Waals surface area (Å²) in [4.78, 5) is 65.9. The summed E-state index contributed by atoms with van der Waals surface area (Å²) in [5.41, 5.74) is 6.93. The number of carboxylic acids is 1. The maximum absolute atomic E-state index is 14.0. The van der Waals surface area contributed by atoms with Gasteiger partial charge in [0, 0.05) is 17.5 Å². The van der Waals surface area contributed by atoms with Crippen molar-refractivity contribution in [3.8, 4) is 0 Å². The number of esters is 1. The Morgan fingerprint density at radius 3 is 2.35 bits per heavy atom. The van der Waals surface area contributed by atoms with Crippen LogP contribution in [0, 0.1) is 31.6 Å². The van der Waals surface area contributed by atoms with Gasteiger partial charge >= 0.3 is 35.0 Å². The summed E-state index contributed by atoms with van der Waals surface area (Å²) in [6.07, 6.45) is 8.48. The molecule has 6 rings (SSSR count). The second-order valence-electron chi connectivity index (χ2n) is 11.6. The van der Waals surface area contributed by atoms with Crippen LogP contribution in [-0.4, -0.2) is 59.3 Å². The fourth-order valence-electron chi connectivity index (χ4n) is 6.90. The van der Waals surface area contributed by atoms with E-state index in [1.807, 2.05) is 32.9 Å². The second kappa shape index (κ2) is 12.4. The number of hydrogen-bond acceptors (Lipinski definition) is 5. The smallest absolute Gasteiger partial charge is 0.664 e. The number of carbonyl (C=O) groups is 4. The van der Waals surface area contributed by atoms with Crippen LogP contribution < -0.4 is 25.7 Å². The van der Waals surface area contributed by atoms with Crippen molar-refractivity contribution in [2.75, 3.05) is 7.11 Å². The number of allylic oxidation sites excluding steroid dienone is 2. The number of carboxylic acid groups (broad SMARTS) is 1. The van der Waals surface area contributed by atoms with Crippen LogP contribution in [0.25, 0.3) is 35.2 Å². The molecule has 46 heavy (non-hydrogen) atoms. The first-order valence-electron chi connectivity index (χ1n) is 14.9. The molecule has 3 aromatic rings. The van der Waals surface area contributed by atoms with E-state index in [-0.39, 0.29) is 41.8 Å². The minimum absolute atomic E-state index is 0. The van der Waals surface area contributed by atoms with Crippen molar-refractivity contribution in [1.82, 2.24) is 15.0 Å². The first-order chi connectivity index (χ1) is 21.5. The molecule has 0 spiro atoms. The molecule has 3 atom stereocenters. The maximum Gasteiger partial charge on any atom is 2.00 e. The van der Waals surface area contributed by atoms with Gasteiger partial charge in [0.05, 0.1) is 7.11 Å². The Bertz CT molecular complexity index is 2020. The summed E-state index contributed by atoms with van der Waals surface area (Å²) < 4.78 is 5.09. The zero-order valence-electron chi connectivity index (χ0n) is 26.4. The third-order valence-corrected chi connectivity index (χ3v) is 9.31. The zero-order valence-corrected chi connectivity index (χ0v) is 27.8. The molecule has 0 unspecified atom stereocenters. The van der Waals surface area contributed by atoms with Gasteiger partial charge in [-0.2, -0.15) is 11.4 Å². The SMILES string of the molecule is C=Cc1c2[n-]c(c1C=O)/C=C1\[N-]/C(=C3\c4[n-]c(c(C)c4C(=O)[C@@H]3C(=O)OC)/C=c3\[n-]/c(c(C)c3CC)=C\2)[C@@H](CCC(=O)O)[C@@H]1C.[Mg+2]. The van der Waals surface area contributed by atoms with Crippen LogP contribution in [0.4, 0.5) is 0 Å². The third-order valence-electron chi connectivity index (χ3n) is 9.31. The van der Waals surface area contributed by atoms with Gasteiger partial charge < -0.3 is 30.1 Å². The topological polar surface area (TPSA) is 154 Å². The molecular formula is C35H32MgN4O6-2. The van der Waals surface area contributed by atoms with Gasteiger partial charge in [-0.1, -0.05) is 67.0 Å². The van der Waals surface area contributed by atoms with Crippen LogP contribution in [0.5, 0.6) is 0 Å². The zero-order chi connectivity index (χ0) is 32.3. The molecule has 11 heteroatoms. The Morgan fingerprint density at radius 1 is 1.02 bits per heavy atom. The molecule has 1 N–H and O–H groups in total. The van der Waals surface area contributed by atoms with Gasteiger partial charge in [0.1, 0.15) is 12.2 Å². The average Bonchev–Trinajstić information content (AvgIpc) is 3.76. The minimum atomic E-state index is -1.29. The molecule has 1 saturated heterocycles. The standard InChI is InChI=1S/C35H35N4O6.Mg/c1-7-18-15(3)22-11-26-19(8-2)21(14-40)27(37-26)12-23-16(4)20(9-10-28(41)42)32(38-23)30-31(35(44)45-6)34(43)29-17(5)24(39-33(29)30)13-25(18)36-22;/h8,11-14,16,20,31H,2,7,9-10H2,1,3-6H3,(H4,37,38,39,40,41,42,43);/q-1;+2/p-3/b22-11-,25-13-;/t16-,20-,31+;/m0./s1. The molecule has 3 aliphatic rings. The summed E-state index contributed by atoms with van der Waals surface area (Å²) in [6.45, 7) is 11.7. The number of hydrogen-bond donors (Lipinski definition) is 1. The number of methoxy groups -OCH3 is 1. The number of fused-ring (bicyclic) bond motifs is 7. The number of ketones is 1. The monoisotopic (exact) mass is 628 g/mol. The Hall–Kier alpha value is -4.35. The molecule has 8 bridgehead atoms. The fourth-order valence-corrected chi connectivity index (χ4v) is 6.90. The first-order valence-corrected chi connectivity index (χ1v) is 14.9. The molecule has 3 aromatic heterocycles. The minimum Gasteiger partial charge on any atom is -0.664 e. The molecule has 2 aliphatic heterocycles. The number of Topliss-reactive ketones (excluding diaryl/α,β-unsaturated/α-hetero) is 1. The number of ether oxygens (including phenoxy) is 1. The van der Waals surface area contributed by atoms with Gasteiger partial charge in [-0.15, -0.1) is 33.5 Å². The molecule has 232 valence electrons. The van der Waals surface area contributed by atoms with Gasteiger partial charge in [-0.25, -0.2) is 0 Å². The summed E-state index contributed by atoms with van der Waals surface area (Å²) in [6, 6.07) is 0. The number of aldehydes is 1. The molecule has 0 radical (unpaired) electrons. The van der Waals surface area contributed by atoms with Crippen LogP contribution in [0.3, 0.4) is 0 Å². The van der Waals surface area contributed by atoms with Crippen molar-refractivity contribution in [3.63, 3.8) is 0 Å². The normalized spacial score (nSPS) is 23.6. The summed E-state index contributed by atoms with van der Waals surface area (Å²) in [7, 11) is 1.22. The molecule has 5 heterocycles. The predicted molar refractivity (Wildman–Crippen MR) is 173 cm³/mol. The van der Waals surface area contributed by atoms with E-state index in [9.17, 15) is 24.3 Å². The number of rotatable bonds is 7. The molecule has 10 nitrogen and oxygen atoms in total. The van der Waals surface area contributed by atoms with Gasteiger partial charge in [-0.05, 0) is 44.1 Å². The van der Waals surface area contributed by atoms with E-state index in [1.54, 1.807) is 19.1 Å². The summed E-state index contributed by atoms with van der Waals surface area (Å²) in [5.74, 6) is -4.22. The second-order valence-corrected chi connectivity index (χ2v) is 11.6. The van der Waals surface area contributed by atoms with Gasteiger partial charge in [0.15, 0.2) is 5.78 Å². The van der Waals surface area contributed by atoms with Crippen LogP contribution >= 0.6 is 0 Å². The van der Waals surface area contributed by atoms with E-state index >= 15 is 0 Å². The third kappa shape index (κ3) is 5.02. The Kier molecular flexibility index (Phi) is 8.93. The van der Waals surface area contributed by atoms with Gasteiger partial charge in [-0.3, -0.25) is 19.2 Å². The average molecular weight is 629 g/mol. The van der Waals surface area contributed by atoms with Crippen molar-refractivity contribution in [3.05, 3.63) is 90.1 Å². The molecule has 0 amide bonds. The predicted octanol–water partition coefficient (Wildman–Crippen LogP) is 3.03. The van der Waals surface area contributed by atoms with E-state index in [0.29, 0.717) is 79.1 Å². The van der Waals surface area contributed by atoms with Crippen molar-refractivity contribution >= 4 is 76.9 Å². The van der Waals surface area contributed by atoms with E-state index in [1.165, 1.54) is 7.11 Å². The largest absolute Gasteiger partial charge is 2.00 e. The molecular weight excluding hydrogens is 597 g/mol. The maximum atomic E-state index is 14.0. The van der Waals surface area contributed by atoms with E-state index in [4.69, 9.17) is 25.0 Å². The number of aromatic nitrogens is 3.